The molecule has 1 amide bonds. The second-order valence-electron chi connectivity index (χ2n) is 9.36. The van der Waals surface area contributed by atoms with Crippen LogP contribution in [0.3, 0.4) is 0 Å². The smallest absolute Gasteiger partial charge is 0.347 e. The molecule has 0 spiro atoms. The molecule has 178 valence electrons. The van der Waals surface area contributed by atoms with E-state index in [1.807, 2.05) is 35.2 Å². The summed E-state index contributed by atoms with van der Waals surface area (Å²) < 4.78 is 25.2. The number of amides is 1. The van der Waals surface area contributed by atoms with Crippen molar-refractivity contribution in [2.75, 3.05) is 26.2 Å². The highest BCUT2D eigenvalue weighted by Crippen LogP contribution is 2.24. The van der Waals surface area contributed by atoms with E-state index in [1.54, 1.807) is 33.8 Å². The second kappa shape index (κ2) is 10.8. The molecule has 1 aliphatic heterocycles. The first-order chi connectivity index (χ1) is 15.6. The highest BCUT2D eigenvalue weighted by atomic mass is 19.1. The van der Waals surface area contributed by atoms with Crippen LogP contribution in [0.15, 0.2) is 48.5 Å². The van der Waals surface area contributed by atoms with E-state index in [4.69, 9.17) is 9.47 Å². The number of esters is 1. The van der Waals surface area contributed by atoms with Crippen molar-refractivity contribution in [3.63, 3.8) is 0 Å². The van der Waals surface area contributed by atoms with Crippen LogP contribution in [0.1, 0.15) is 38.8 Å². The van der Waals surface area contributed by atoms with Crippen molar-refractivity contribution in [1.82, 2.24) is 9.80 Å². The number of nitrogens with zero attached hydrogens (tertiary/aromatic N) is 2. The highest BCUT2D eigenvalue weighted by molar-refractivity contribution is 5.79. The van der Waals surface area contributed by atoms with Crippen LogP contribution >= 0.6 is 0 Å². The number of piperazine rings is 1. The molecule has 0 radical (unpaired) electrons. The molecule has 1 atom stereocenters. The van der Waals surface area contributed by atoms with Crippen LogP contribution in [0.5, 0.6) is 5.75 Å². The Morgan fingerprint density at radius 1 is 1.03 bits per heavy atom. The van der Waals surface area contributed by atoms with Gasteiger partial charge in [-0.25, -0.2) is 9.18 Å². The molecule has 0 saturated carbocycles. The largest absolute Gasteiger partial charge is 0.479 e. The van der Waals surface area contributed by atoms with Gasteiger partial charge < -0.3 is 14.4 Å². The summed E-state index contributed by atoms with van der Waals surface area (Å²) in [5.41, 5.74) is 1.05. The lowest BCUT2D eigenvalue weighted by atomic mass is 10.1. The SMILES string of the molecule is CC(Oc1ccc(F)cc1CN1CCN(C(=O)Cc2ccccc2)CC1)C(=O)OC(C)(C)C. The van der Waals surface area contributed by atoms with Gasteiger partial charge in [0.2, 0.25) is 5.91 Å². The molecule has 3 rings (SSSR count). The maximum absolute atomic E-state index is 14.0. The number of carbonyl (C=O) groups excluding carboxylic acids is 2. The van der Waals surface area contributed by atoms with E-state index >= 15 is 0 Å². The van der Waals surface area contributed by atoms with Crippen LogP contribution < -0.4 is 4.74 Å². The second-order valence-corrected chi connectivity index (χ2v) is 9.36. The number of benzene rings is 2. The van der Waals surface area contributed by atoms with E-state index in [9.17, 15) is 14.0 Å². The summed E-state index contributed by atoms with van der Waals surface area (Å²) in [6.07, 6.45) is -0.424. The van der Waals surface area contributed by atoms with Gasteiger partial charge >= 0.3 is 5.97 Å². The van der Waals surface area contributed by atoms with Gasteiger partial charge in [0, 0.05) is 38.3 Å². The quantitative estimate of drug-likeness (QED) is 0.593. The van der Waals surface area contributed by atoms with Gasteiger partial charge in [-0.2, -0.15) is 0 Å². The number of hydrogen-bond donors (Lipinski definition) is 0. The molecule has 33 heavy (non-hydrogen) atoms. The van der Waals surface area contributed by atoms with Gasteiger partial charge in [0.25, 0.3) is 0 Å². The fraction of sp³-hybridized carbons (Fsp3) is 0.462. The molecular weight excluding hydrogens is 423 g/mol. The molecule has 2 aromatic rings. The van der Waals surface area contributed by atoms with Crippen molar-refractivity contribution in [2.45, 2.75) is 52.4 Å². The molecule has 1 unspecified atom stereocenters. The Kier molecular flexibility index (Phi) is 8.08. The summed E-state index contributed by atoms with van der Waals surface area (Å²) in [7, 11) is 0. The van der Waals surface area contributed by atoms with Crippen molar-refractivity contribution < 1.29 is 23.5 Å². The van der Waals surface area contributed by atoms with Gasteiger partial charge in [0.1, 0.15) is 17.2 Å². The predicted octanol–water partition coefficient (Wildman–Crippen LogP) is 3.82. The Morgan fingerprint density at radius 3 is 2.33 bits per heavy atom. The first-order valence-electron chi connectivity index (χ1n) is 11.3. The lowest BCUT2D eigenvalue weighted by Gasteiger charge is -2.35. The van der Waals surface area contributed by atoms with Crippen LogP contribution in [0.4, 0.5) is 4.39 Å². The molecule has 7 heteroatoms. The molecule has 6 nitrogen and oxygen atoms in total. The lowest BCUT2D eigenvalue weighted by molar-refractivity contribution is -0.162. The van der Waals surface area contributed by atoms with Crippen LogP contribution in [0, 0.1) is 5.82 Å². The first kappa shape index (κ1) is 24.7. The van der Waals surface area contributed by atoms with E-state index in [0.717, 1.165) is 5.56 Å². The zero-order valence-electron chi connectivity index (χ0n) is 19.8. The van der Waals surface area contributed by atoms with E-state index in [2.05, 4.69) is 4.90 Å². The first-order valence-corrected chi connectivity index (χ1v) is 11.3. The Hall–Kier alpha value is -2.93. The Morgan fingerprint density at radius 2 is 1.70 bits per heavy atom. The third-order valence-corrected chi connectivity index (χ3v) is 5.38. The molecule has 0 aliphatic carbocycles. The van der Waals surface area contributed by atoms with Gasteiger partial charge in [-0.15, -0.1) is 0 Å². The minimum Gasteiger partial charge on any atom is -0.479 e. The summed E-state index contributed by atoms with van der Waals surface area (Å²) in [6, 6.07) is 14.0. The zero-order valence-corrected chi connectivity index (χ0v) is 19.8. The van der Waals surface area contributed by atoms with E-state index in [-0.39, 0.29) is 11.7 Å². The maximum atomic E-state index is 14.0. The Bertz CT molecular complexity index is 951. The average Bonchev–Trinajstić information content (AvgIpc) is 2.75. The molecular formula is C26H33FN2O4. The van der Waals surface area contributed by atoms with Crippen molar-refractivity contribution in [3.05, 3.63) is 65.5 Å². The van der Waals surface area contributed by atoms with Crippen molar-refractivity contribution in [3.8, 4) is 5.75 Å². The van der Waals surface area contributed by atoms with E-state index in [0.29, 0.717) is 50.5 Å². The monoisotopic (exact) mass is 456 g/mol. The number of ether oxygens (including phenoxy) is 2. The third-order valence-electron chi connectivity index (χ3n) is 5.38. The number of rotatable bonds is 7. The summed E-state index contributed by atoms with van der Waals surface area (Å²) in [4.78, 5) is 28.9. The van der Waals surface area contributed by atoms with Crippen LogP contribution in [-0.4, -0.2) is 59.6 Å². The molecule has 0 bridgehead atoms. The van der Waals surface area contributed by atoms with Gasteiger partial charge in [-0.1, -0.05) is 30.3 Å². The molecule has 0 aromatic heterocycles. The number of hydrogen-bond acceptors (Lipinski definition) is 5. The zero-order chi connectivity index (χ0) is 24.0. The number of halogens is 1. The topological polar surface area (TPSA) is 59.1 Å². The van der Waals surface area contributed by atoms with E-state index < -0.39 is 17.7 Å². The summed E-state index contributed by atoms with van der Waals surface area (Å²) >= 11 is 0. The van der Waals surface area contributed by atoms with Gasteiger partial charge in [-0.3, -0.25) is 9.69 Å². The van der Waals surface area contributed by atoms with Crippen LogP contribution in [0.25, 0.3) is 0 Å². The van der Waals surface area contributed by atoms with Crippen LogP contribution in [-0.2, 0) is 27.3 Å². The molecule has 1 aliphatic rings. The summed E-state index contributed by atoms with van der Waals surface area (Å²) in [5, 5.41) is 0. The highest BCUT2D eigenvalue weighted by Gasteiger charge is 2.25. The van der Waals surface area contributed by atoms with Crippen molar-refractivity contribution in [2.24, 2.45) is 0 Å². The number of carbonyl (C=O) groups is 2. The Labute approximate surface area is 195 Å². The summed E-state index contributed by atoms with van der Waals surface area (Å²) in [5.74, 6) is -0.263. The fourth-order valence-corrected chi connectivity index (χ4v) is 3.69. The van der Waals surface area contributed by atoms with Gasteiger partial charge in [0.15, 0.2) is 6.10 Å². The fourth-order valence-electron chi connectivity index (χ4n) is 3.69. The minimum absolute atomic E-state index is 0.113. The summed E-state index contributed by atoms with van der Waals surface area (Å²) in [6.45, 7) is 10.1. The van der Waals surface area contributed by atoms with Crippen LogP contribution in [0.2, 0.25) is 0 Å². The van der Waals surface area contributed by atoms with E-state index in [1.165, 1.54) is 12.1 Å². The van der Waals surface area contributed by atoms with Crippen molar-refractivity contribution >= 4 is 11.9 Å². The third kappa shape index (κ3) is 7.56. The molecule has 2 aromatic carbocycles. The van der Waals surface area contributed by atoms with Gasteiger partial charge in [-0.05, 0) is 51.5 Å². The lowest BCUT2D eigenvalue weighted by Crippen LogP contribution is -2.48. The molecule has 1 heterocycles. The average molecular weight is 457 g/mol. The molecule has 1 fully saturated rings. The Balaban J connectivity index is 1.57. The standard InChI is InChI=1S/C26H33FN2O4/c1-19(25(31)33-26(2,3)4)32-23-11-10-22(27)17-21(23)18-28-12-14-29(15-13-28)24(30)16-20-8-6-5-7-9-20/h5-11,17,19H,12-16,18H2,1-4H3. The predicted molar refractivity (Wildman–Crippen MR) is 124 cm³/mol. The molecule has 1 saturated heterocycles. The molecule has 0 N–H and O–H groups in total. The van der Waals surface area contributed by atoms with Gasteiger partial charge in [0.05, 0.1) is 6.42 Å². The van der Waals surface area contributed by atoms with Crippen molar-refractivity contribution in [1.29, 1.82) is 0 Å². The maximum Gasteiger partial charge on any atom is 0.347 e. The minimum atomic E-state index is -0.819. The normalized spacial score (nSPS) is 15.7.